The van der Waals surface area contributed by atoms with Crippen molar-refractivity contribution in [3.63, 3.8) is 0 Å². The number of halogens is 1. The molecule has 0 saturated carbocycles. The highest BCUT2D eigenvalue weighted by Crippen LogP contribution is 2.29. The number of methoxy groups -OCH3 is 1. The van der Waals surface area contributed by atoms with Crippen LogP contribution in [0, 0.1) is 0 Å². The molecule has 1 unspecified atom stereocenters. The Morgan fingerprint density at radius 3 is 3.05 bits per heavy atom. The molecule has 0 bridgehead atoms. The second-order valence-electron chi connectivity index (χ2n) is 4.19. The fraction of sp³-hybridized carbons (Fsp3) is 0.200. The van der Waals surface area contributed by atoms with Crippen molar-refractivity contribution in [2.24, 2.45) is 0 Å². The van der Waals surface area contributed by atoms with E-state index in [0.29, 0.717) is 6.54 Å². The molecule has 1 N–H and O–H groups in total. The molecule has 5 heteroatoms. The Bertz CT molecular complexity index is 643. The van der Waals surface area contributed by atoms with Crippen LogP contribution in [-0.4, -0.2) is 24.6 Å². The van der Waals surface area contributed by atoms with Gasteiger partial charge < -0.3 is 4.74 Å². The predicted molar refractivity (Wildman–Crippen MR) is 82.4 cm³/mol. The Balaban J connectivity index is 2.55. The summed E-state index contributed by atoms with van der Waals surface area (Å²) in [4.78, 5) is 16.4. The van der Waals surface area contributed by atoms with Crippen LogP contribution in [-0.2, 0) is 9.53 Å². The number of carbonyl (C=O) groups excluding carboxylic acids is 1. The smallest absolute Gasteiger partial charge is 0.327 e. The van der Waals surface area contributed by atoms with Crippen LogP contribution in [0.15, 0.2) is 47.6 Å². The standard InChI is InChI=1S/C15H15BrN2O2/c1-3-8-17-14(15(19)20-2)11-6-7-12(16)10-5-4-9-18-13(10)11/h3-7,9,14,17H,1,8H2,2H3. The van der Waals surface area contributed by atoms with Gasteiger partial charge in [0.1, 0.15) is 6.04 Å². The lowest BCUT2D eigenvalue weighted by Gasteiger charge is -2.17. The first-order valence-electron chi connectivity index (χ1n) is 6.14. The number of nitrogens with zero attached hydrogens (tertiary/aromatic N) is 1. The van der Waals surface area contributed by atoms with Gasteiger partial charge in [0.15, 0.2) is 0 Å². The zero-order valence-electron chi connectivity index (χ0n) is 11.1. The van der Waals surface area contributed by atoms with Crippen LogP contribution in [0.5, 0.6) is 0 Å². The maximum absolute atomic E-state index is 12.0. The molecule has 0 fully saturated rings. The molecular weight excluding hydrogens is 320 g/mol. The van der Waals surface area contributed by atoms with Gasteiger partial charge in [0.05, 0.1) is 12.6 Å². The second-order valence-corrected chi connectivity index (χ2v) is 5.04. The fourth-order valence-corrected chi connectivity index (χ4v) is 2.48. The van der Waals surface area contributed by atoms with Crippen molar-refractivity contribution < 1.29 is 9.53 Å². The van der Waals surface area contributed by atoms with Crippen molar-refractivity contribution in [2.75, 3.05) is 13.7 Å². The topological polar surface area (TPSA) is 51.2 Å². The summed E-state index contributed by atoms with van der Waals surface area (Å²) in [7, 11) is 1.37. The largest absolute Gasteiger partial charge is 0.468 e. The summed E-state index contributed by atoms with van der Waals surface area (Å²) in [6, 6.07) is 7.03. The summed E-state index contributed by atoms with van der Waals surface area (Å²) in [6.07, 6.45) is 3.41. The molecule has 0 amide bonds. The Kier molecular flexibility index (Phi) is 4.87. The van der Waals surface area contributed by atoms with Crippen molar-refractivity contribution in [1.82, 2.24) is 10.3 Å². The molecule has 0 aliphatic carbocycles. The third-order valence-corrected chi connectivity index (χ3v) is 3.65. The SMILES string of the molecule is C=CCNC(C(=O)OC)c1ccc(Br)c2cccnc12. The number of hydrogen-bond acceptors (Lipinski definition) is 4. The van der Waals surface area contributed by atoms with E-state index in [4.69, 9.17) is 4.74 Å². The van der Waals surface area contributed by atoms with E-state index in [1.807, 2.05) is 24.3 Å². The van der Waals surface area contributed by atoms with Gasteiger partial charge >= 0.3 is 5.97 Å². The van der Waals surface area contributed by atoms with Crippen LogP contribution in [0.25, 0.3) is 10.9 Å². The zero-order chi connectivity index (χ0) is 14.5. The summed E-state index contributed by atoms with van der Waals surface area (Å²) < 4.78 is 5.81. The normalized spacial score (nSPS) is 12.1. The highest BCUT2D eigenvalue weighted by Gasteiger charge is 2.23. The van der Waals surface area contributed by atoms with Crippen LogP contribution >= 0.6 is 15.9 Å². The molecule has 4 nitrogen and oxygen atoms in total. The van der Waals surface area contributed by atoms with Crippen LogP contribution in [0.3, 0.4) is 0 Å². The molecule has 2 aromatic rings. The molecule has 1 aromatic heterocycles. The van der Waals surface area contributed by atoms with Gasteiger partial charge in [0.2, 0.25) is 0 Å². The molecule has 0 saturated heterocycles. The first-order valence-corrected chi connectivity index (χ1v) is 6.93. The predicted octanol–water partition coefficient (Wildman–Crippen LogP) is 2.99. The molecule has 0 spiro atoms. The first kappa shape index (κ1) is 14.7. The average Bonchev–Trinajstić information content (AvgIpc) is 2.49. The molecule has 2 rings (SSSR count). The van der Waals surface area contributed by atoms with Gasteiger partial charge in [-0.2, -0.15) is 0 Å². The molecule has 1 atom stereocenters. The van der Waals surface area contributed by atoms with E-state index < -0.39 is 6.04 Å². The number of benzene rings is 1. The molecule has 0 aliphatic heterocycles. The van der Waals surface area contributed by atoms with Gasteiger partial charge in [0, 0.05) is 28.2 Å². The van der Waals surface area contributed by atoms with Crippen LogP contribution < -0.4 is 5.32 Å². The van der Waals surface area contributed by atoms with E-state index in [2.05, 4.69) is 32.8 Å². The van der Waals surface area contributed by atoms with Crippen LogP contribution in [0.1, 0.15) is 11.6 Å². The van der Waals surface area contributed by atoms with Crippen molar-refractivity contribution in [1.29, 1.82) is 0 Å². The van der Waals surface area contributed by atoms with Gasteiger partial charge in [0.25, 0.3) is 0 Å². The lowest BCUT2D eigenvalue weighted by molar-refractivity contribution is -0.143. The quantitative estimate of drug-likeness (QED) is 0.674. The maximum atomic E-state index is 12.0. The number of rotatable bonds is 5. The highest BCUT2D eigenvalue weighted by atomic mass is 79.9. The summed E-state index contributed by atoms with van der Waals surface area (Å²) in [5, 5.41) is 4.06. The van der Waals surface area contributed by atoms with Gasteiger partial charge in [-0.05, 0) is 12.1 Å². The number of esters is 1. The van der Waals surface area contributed by atoms with E-state index in [1.165, 1.54) is 7.11 Å². The van der Waals surface area contributed by atoms with Gasteiger partial charge in [-0.3, -0.25) is 10.3 Å². The molecule has 0 aliphatic rings. The second kappa shape index (κ2) is 6.63. The molecular formula is C15H15BrN2O2. The minimum absolute atomic E-state index is 0.346. The molecule has 104 valence electrons. The number of hydrogen-bond donors (Lipinski definition) is 1. The number of pyridine rings is 1. The lowest BCUT2D eigenvalue weighted by Crippen LogP contribution is -2.30. The van der Waals surface area contributed by atoms with Gasteiger partial charge in [-0.25, -0.2) is 4.79 Å². The summed E-state index contributed by atoms with van der Waals surface area (Å²) in [5.41, 5.74) is 1.56. The Morgan fingerprint density at radius 2 is 2.35 bits per heavy atom. The summed E-state index contributed by atoms with van der Waals surface area (Å²) in [6.45, 7) is 4.15. The van der Waals surface area contributed by atoms with Crippen molar-refractivity contribution in [3.8, 4) is 0 Å². The van der Waals surface area contributed by atoms with E-state index in [0.717, 1.165) is 20.9 Å². The highest BCUT2D eigenvalue weighted by molar-refractivity contribution is 9.10. The van der Waals surface area contributed by atoms with Crippen LogP contribution in [0.4, 0.5) is 0 Å². The van der Waals surface area contributed by atoms with Gasteiger partial charge in [-0.1, -0.05) is 34.1 Å². The van der Waals surface area contributed by atoms with E-state index in [9.17, 15) is 4.79 Å². The Labute approximate surface area is 126 Å². The maximum Gasteiger partial charge on any atom is 0.327 e. The van der Waals surface area contributed by atoms with E-state index in [1.54, 1.807) is 12.3 Å². The third-order valence-electron chi connectivity index (χ3n) is 2.96. The minimum Gasteiger partial charge on any atom is -0.468 e. The molecule has 1 heterocycles. The Hall–Kier alpha value is -1.72. The Morgan fingerprint density at radius 1 is 1.55 bits per heavy atom. The van der Waals surface area contributed by atoms with Crippen LogP contribution in [0.2, 0.25) is 0 Å². The fourth-order valence-electron chi connectivity index (χ4n) is 2.03. The monoisotopic (exact) mass is 334 g/mol. The number of fused-ring (bicyclic) bond motifs is 1. The van der Waals surface area contributed by atoms with E-state index in [-0.39, 0.29) is 5.97 Å². The summed E-state index contributed by atoms with van der Waals surface area (Å²) >= 11 is 3.49. The number of nitrogens with one attached hydrogen (secondary N) is 1. The van der Waals surface area contributed by atoms with E-state index >= 15 is 0 Å². The first-order chi connectivity index (χ1) is 9.69. The summed E-state index contributed by atoms with van der Waals surface area (Å²) in [5.74, 6) is -0.346. The molecule has 1 aromatic carbocycles. The third kappa shape index (κ3) is 2.89. The number of ether oxygens (including phenoxy) is 1. The minimum atomic E-state index is -0.566. The van der Waals surface area contributed by atoms with Crippen molar-refractivity contribution >= 4 is 32.8 Å². The van der Waals surface area contributed by atoms with Crippen molar-refractivity contribution in [3.05, 3.63) is 53.2 Å². The number of aromatic nitrogens is 1. The average molecular weight is 335 g/mol. The lowest BCUT2D eigenvalue weighted by atomic mass is 10.0. The molecule has 0 radical (unpaired) electrons. The van der Waals surface area contributed by atoms with Crippen molar-refractivity contribution in [2.45, 2.75) is 6.04 Å². The zero-order valence-corrected chi connectivity index (χ0v) is 12.7. The number of carbonyl (C=O) groups is 1. The van der Waals surface area contributed by atoms with Gasteiger partial charge in [-0.15, -0.1) is 6.58 Å². The molecule has 20 heavy (non-hydrogen) atoms.